The molecule has 3 nitrogen and oxygen atoms in total. The van der Waals surface area contributed by atoms with Gasteiger partial charge in [0, 0.05) is 10.7 Å². The lowest BCUT2D eigenvalue weighted by Crippen LogP contribution is -2.32. The maximum atomic E-state index is 5.97. The van der Waals surface area contributed by atoms with Gasteiger partial charge in [0.2, 0.25) is 0 Å². The van der Waals surface area contributed by atoms with E-state index in [0.717, 1.165) is 17.9 Å². The number of ether oxygens (including phenoxy) is 1. The molecule has 1 atom stereocenters. The summed E-state index contributed by atoms with van der Waals surface area (Å²) in [5.74, 6) is 0.846. The zero-order valence-corrected chi connectivity index (χ0v) is 14.2. The first-order chi connectivity index (χ1) is 10.6. The molecule has 0 spiro atoms. The molecule has 0 heterocycles. The summed E-state index contributed by atoms with van der Waals surface area (Å²) in [6.07, 6.45) is 0.920. The van der Waals surface area contributed by atoms with E-state index in [9.17, 15) is 0 Å². The average molecular weight is 335 g/mol. The SMILES string of the molecule is CCC(NC(=S)Nc1cccc(Cl)c1)c1ccc(OC)cc1. The van der Waals surface area contributed by atoms with Gasteiger partial charge in [-0.15, -0.1) is 0 Å². The molecule has 1 unspecified atom stereocenters. The van der Waals surface area contributed by atoms with Crippen LogP contribution in [0.3, 0.4) is 0 Å². The second-order valence-corrected chi connectivity index (χ2v) is 5.69. The van der Waals surface area contributed by atoms with Crippen LogP contribution in [0.15, 0.2) is 48.5 Å². The van der Waals surface area contributed by atoms with Crippen molar-refractivity contribution < 1.29 is 4.74 Å². The number of halogens is 1. The zero-order valence-electron chi connectivity index (χ0n) is 12.6. The third-order valence-corrected chi connectivity index (χ3v) is 3.77. The highest BCUT2D eigenvalue weighted by molar-refractivity contribution is 7.80. The number of methoxy groups -OCH3 is 1. The molecule has 0 saturated carbocycles. The van der Waals surface area contributed by atoms with Crippen LogP contribution in [0.5, 0.6) is 5.75 Å². The predicted molar refractivity (Wildman–Crippen MR) is 96.8 cm³/mol. The number of nitrogens with one attached hydrogen (secondary N) is 2. The van der Waals surface area contributed by atoms with Crippen molar-refractivity contribution in [3.05, 3.63) is 59.1 Å². The Bertz CT molecular complexity index is 631. The Morgan fingerprint density at radius 2 is 1.95 bits per heavy atom. The zero-order chi connectivity index (χ0) is 15.9. The van der Waals surface area contributed by atoms with Crippen molar-refractivity contribution in [3.63, 3.8) is 0 Å². The molecule has 0 bridgehead atoms. The maximum absolute atomic E-state index is 5.97. The molecule has 2 aromatic carbocycles. The van der Waals surface area contributed by atoms with Crippen LogP contribution in [-0.2, 0) is 0 Å². The number of thiocarbonyl (C=S) groups is 1. The van der Waals surface area contributed by atoms with Crippen LogP contribution >= 0.6 is 23.8 Å². The first kappa shape index (κ1) is 16.6. The third-order valence-electron chi connectivity index (χ3n) is 3.31. The summed E-state index contributed by atoms with van der Waals surface area (Å²) in [5.41, 5.74) is 2.04. The second kappa shape index (κ2) is 8.01. The lowest BCUT2D eigenvalue weighted by molar-refractivity contribution is 0.414. The molecule has 22 heavy (non-hydrogen) atoms. The number of hydrogen-bond donors (Lipinski definition) is 2. The molecular formula is C17H19ClN2OS. The summed E-state index contributed by atoms with van der Waals surface area (Å²) in [7, 11) is 1.66. The van der Waals surface area contributed by atoms with Gasteiger partial charge in [0.1, 0.15) is 5.75 Å². The van der Waals surface area contributed by atoms with Crippen molar-refractivity contribution in [3.8, 4) is 5.75 Å². The van der Waals surface area contributed by atoms with E-state index in [0.29, 0.717) is 10.1 Å². The summed E-state index contributed by atoms with van der Waals surface area (Å²) in [6, 6.07) is 15.6. The standard InChI is InChI=1S/C17H19ClN2OS/c1-3-16(12-7-9-15(21-2)10-8-12)20-17(22)19-14-6-4-5-13(18)11-14/h4-11,16H,3H2,1-2H3,(H2,19,20,22). The predicted octanol–water partition coefficient (Wildman–Crippen LogP) is 4.79. The summed E-state index contributed by atoms with van der Waals surface area (Å²) < 4.78 is 5.18. The highest BCUT2D eigenvalue weighted by Crippen LogP contribution is 2.21. The van der Waals surface area contributed by atoms with Crippen molar-refractivity contribution in [1.82, 2.24) is 5.32 Å². The summed E-state index contributed by atoms with van der Waals surface area (Å²) in [6.45, 7) is 2.11. The molecule has 2 N–H and O–H groups in total. The van der Waals surface area contributed by atoms with Crippen LogP contribution in [0.1, 0.15) is 24.9 Å². The van der Waals surface area contributed by atoms with Gasteiger partial charge in [0.15, 0.2) is 5.11 Å². The minimum absolute atomic E-state index is 0.144. The largest absolute Gasteiger partial charge is 0.497 e. The van der Waals surface area contributed by atoms with Crippen molar-refractivity contribution >= 4 is 34.6 Å². The lowest BCUT2D eigenvalue weighted by Gasteiger charge is -2.20. The average Bonchev–Trinajstić information content (AvgIpc) is 2.53. The third kappa shape index (κ3) is 4.61. The molecule has 0 aliphatic heterocycles. The Morgan fingerprint density at radius 1 is 1.23 bits per heavy atom. The lowest BCUT2D eigenvalue weighted by atomic mass is 10.0. The Kier molecular flexibility index (Phi) is 6.04. The van der Waals surface area contributed by atoms with Crippen molar-refractivity contribution in [2.24, 2.45) is 0 Å². The van der Waals surface area contributed by atoms with Gasteiger partial charge in [-0.25, -0.2) is 0 Å². The van der Waals surface area contributed by atoms with Gasteiger partial charge in [-0.05, 0) is 54.5 Å². The van der Waals surface area contributed by atoms with E-state index < -0.39 is 0 Å². The molecule has 0 amide bonds. The number of benzene rings is 2. The van der Waals surface area contributed by atoms with Gasteiger partial charge >= 0.3 is 0 Å². The molecule has 5 heteroatoms. The fourth-order valence-electron chi connectivity index (χ4n) is 2.15. The molecule has 0 aromatic heterocycles. The highest BCUT2D eigenvalue weighted by Gasteiger charge is 2.11. The van der Waals surface area contributed by atoms with Crippen LogP contribution in [0.25, 0.3) is 0 Å². The van der Waals surface area contributed by atoms with Crippen LogP contribution in [0.2, 0.25) is 5.02 Å². The number of rotatable bonds is 5. The number of hydrogen-bond acceptors (Lipinski definition) is 2. The second-order valence-electron chi connectivity index (χ2n) is 4.84. The molecule has 0 aliphatic rings. The Balaban J connectivity index is 2.01. The van der Waals surface area contributed by atoms with Gasteiger partial charge in [0.05, 0.1) is 13.2 Å². The minimum Gasteiger partial charge on any atom is -0.497 e. The van der Waals surface area contributed by atoms with E-state index in [4.69, 9.17) is 28.6 Å². The molecule has 2 aromatic rings. The van der Waals surface area contributed by atoms with Gasteiger partial charge in [-0.1, -0.05) is 36.7 Å². The maximum Gasteiger partial charge on any atom is 0.171 e. The number of anilines is 1. The summed E-state index contributed by atoms with van der Waals surface area (Å²) in [5, 5.41) is 7.73. The van der Waals surface area contributed by atoms with E-state index in [1.807, 2.05) is 48.5 Å². The molecular weight excluding hydrogens is 316 g/mol. The van der Waals surface area contributed by atoms with Crippen LogP contribution < -0.4 is 15.4 Å². The van der Waals surface area contributed by atoms with Crippen LogP contribution in [0, 0.1) is 0 Å². The molecule has 116 valence electrons. The van der Waals surface area contributed by atoms with Crippen molar-refractivity contribution in [2.45, 2.75) is 19.4 Å². The van der Waals surface area contributed by atoms with Crippen molar-refractivity contribution in [2.75, 3.05) is 12.4 Å². The molecule has 0 radical (unpaired) electrons. The highest BCUT2D eigenvalue weighted by atomic mass is 35.5. The Morgan fingerprint density at radius 3 is 2.55 bits per heavy atom. The van der Waals surface area contributed by atoms with Gasteiger partial charge < -0.3 is 15.4 Å². The molecule has 0 aliphatic carbocycles. The van der Waals surface area contributed by atoms with Crippen molar-refractivity contribution in [1.29, 1.82) is 0 Å². The smallest absolute Gasteiger partial charge is 0.171 e. The molecule has 0 fully saturated rings. The fraction of sp³-hybridized carbons (Fsp3) is 0.235. The van der Waals surface area contributed by atoms with E-state index in [1.54, 1.807) is 7.11 Å². The Labute approximate surface area is 141 Å². The summed E-state index contributed by atoms with van der Waals surface area (Å²) in [4.78, 5) is 0. The van der Waals surface area contributed by atoms with Gasteiger partial charge in [-0.2, -0.15) is 0 Å². The molecule has 2 rings (SSSR count). The Hall–Kier alpha value is -1.78. The first-order valence-electron chi connectivity index (χ1n) is 7.09. The monoisotopic (exact) mass is 334 g/mol. The summed E-state index contributed by atoms with van der Waals surface area (Å²) >= 11 is 11.4. The normalized spacial score (nSPS) is 11.6. The van der Waals surface area contributed by atoms with E-state index in [1.165, 1.54) is 5.56 Å². The molecule has 0 saturated heterocycles. The van der Waals surface area contributed by atoms with Crippen LogP contribution in [-0.4, -0.2) is 12.2 Å². The fourth-order valence-corrected chi connectivity index (χ4v) is 2.60. The van der Waals surface area contributed by atoms with E-state index >= 15 is 0 Å². The topological polar surface area (TPSA) is 33.3 Å². The quantitative estimate of drug-likeness (QED) is 0.770. The minimum atomic E-state index is 0.144. The first-order valence-corrected chi connectivity index (χ1v) is 7.88. The van der Waals surface area contributed by atoms with E-state index in [2.05, 4.69) is 17.6 Å². The van der Waals surface area contributed by atoms with Gasteiger partial charge in [-0.3, -0.25) is 0 Å². The van der Waals surface area contributed by atoms with E-state index in [-0.39, 0.29) is 6.04 Å². The van der Waals surface area contributed by atoms with Gasteiger partial charge in [0.25, 0.3) is 0 Å². The van der Waals surface area contributed by atoms with Crippen LogP contribution in [0.4, 0.5) is 5.69 Å².